The fourth-order valence-corrected chi connectivity index (χ4v) is 7.91. The molecular weight excluding hydrogens is 491 g/mol. The zero-order chi connectivity index (χ0) is 28.0. The van der Waals surface area contributed by atoms with Crippen LogP contribution in [-0.2, 0) is 0 Å². The summed E-state index contributed by atoms with van der Waals surface area (Å²) in [6, 6.07) is 0. The van der Waals surface area contributed by atoms with Gasteiger partial charge in [-0.1, -0.05) is 93.4 Å². The predicted molar refractivity (Wildman–Crippen MR) is 169 cm³/mol. The number of rotatable bonds is 3. The molecule has 220 valence electrons. The highest BCUT2D eigenvalue weighted by molar-refractivity contribution is 6.23. The van der Waals surface area contributed by atoms with E-state index in [1.54, 1.807) is 0 Å². The van der Waals surface area contributed by atoms with Crippen LogP contribution in [0.2, 0.25) is 0 Å². The van der Waals surface area contributed by atoms with Crippen LogP contribution in [0.5, 0.6) is 0 Å². The molecule has 0 nitrogen and oxygen atoms in total. The quantitative estimate of drug-likeness (QED) is 0.303. The zero-order valence-electron chi connectivity index (χ0n) is 26.8. The molecule has 2 fully saturated rings. The Balaban J connectivity index is 2.25. The summed E-state index contributed by atoms with van der Waals surface area (Å²) < 4.78 is 0. The molecule has 0 N–H and O–H groups in total. The predicted octanol–water partition coefficient (Wildman–Crippen LogP) is 13.1. The molecule has 0 heterocycles. The van der Waals surface area contributed by atoms with Gasteiger partial charge in [-0.2, -0.15) is 0 Å². The molecule has 0 amide bonds. The van der Waals surface area contributed by atoms with Crippen molar-refractivity contribution in [2.24, 2.45) is 27.6 Å². The lowest BCUT2D eigenvalue weighted by Gasteiger charge is -2.50. The summed E-state index contributed by atoms with van der Waals surface area (Å²) in [6.07, 6.45) is 24.6. The minimum absolute atomic E-state index is 0.0824. The fraction of sp³-hybridized carbons (Fsp3) is 1.00. The molecule has 2 aliphatic rings. The van der Waals surface area contributed by atoms with Gasteiger partial charge in [0.05, 0.1) is 0 Å². The van der Waals surface area contributed by atoms with Gasteiger partial charge in [-0.3, -0.25) is 0 Å². The van der Waals surface area contributed by atoms with Crippen LogP contribution in [0.1, 0.15) is 184 Å². The summed E-state index contributed by atoms with van der Waals surface area (Å²) in [4.78, 5) is -0.176. The molecule has 2 saturated carbocycles. The topological polar surface area (TPSA) is 0 Å². The molecule has 0 spiro atoms. The molecule has 2 aliphatic carbocycles. The van der Waals surface area contributed by atoms with Gasteiger partial charge in [0.25, 0.3) is 0 Å². The first kappa shape index (κ1) is 33.8. The normalized spacial score (nSPS) is 44.8. The van der Waals surface area contributed by atoms with Crippen molar-refractivity contribution in [2.75, 3.05) is 0 Å². The Morgan fingerprint density at radius 3 is 1.35 bits per heavy atom. The first-order chi connectivity index (χ1) is 17.0. The van der Waals surface area contributed by atoms with Crippen molar-refractivity contribution in [1.82, 2.24) is 0 Å². The molecule has 0 aromatic heterocycles. The average Bonchev–Trinajstić information content (AvgIpc) is 2.82. The Morgan fingerprint density at radius 1 is 0.486 bits per heavy atom. The maximum absolute atomic E-state index is 7.32. The Morgan fingerprint density at radius 2 is 0.892 bits per heavy atom. The molecule has 0 bridgehead atoms. The highest BCUT2D eigenvalue weighted by Crippen LogP contribution is 2.56. The third kappa shape index (κ3) is 9.87. The summed E-state index contributed by atoms with van der Waals surface area (Å²) in [5.74, 6) is 0.725. The lowest BCUT2D eigenvalue weighted by Crippen LogP contribution is -2.41. The van der Waals surface area contributed by atoms with Gasteiger partial charge in [0, 0.05) is 9.75 Å². The zero-order valence-corrected chi connectivity index (χ0v) is 28.3. The number of hydrogen-bond donors (Lipinski definition) is 0. The van der Waals surface area contributed by atoms with Crippen LogP contribution in [0.3, 0.4) is 0 Å². The summed E-state index contributed by atoms with van der Waals surface area (Å²) in [5, 5.41) is 0. The first-order valence-corrected chi connectivity index (χ1v) is 17.1. The molecule has 0 aromatic carbocycles. The van der Waals surface area contributed by atoms with Gasteiger partial charge in [0.2, 0.25) is 0 Å². The van der Waals surface area contributed by atoms with E-state index >= 15 is 0 Å². The van der Waals surface area contributed by atoms with Crippen LogP contribution in [0.25, 0.3) is 0 Å². The van der Waals surface area contributed by atoms with Gasteiger partial charge in [-0.05, 0) is 118 Å². The van der Waals surface area contributed by atoms with Crippen molar-refractivity contribution >= 4 is 23.2 Å². The van der Waals surface area contributed by atoms with Gasteiger partial charge in [-0.15, -0.1) is 23.2 Å². The van der Waals surface area contributed by atoms with Crippen molar-refractivity contribution in [3.05, 3.63) is 0 Å². The van der Waals surface area contributed by atoms with Crippen molar-refractivity contribution < 1.29 is 0 Å². The van der Waals surface area contributed by atoms with E-state index in [0.717, 1.165) is 31.6 Å². The van der Waals surface area contributed by atoms with Gasteiger partial charge < -0.3 is 0 Å². The Bertz CT molecular complexity index is 681. The second kappa shape index (κ2) is 13.5. The largest absolute Gasteiger partial charge is 0.120 e. The third-order valence-electron chi connectivity index (χ3n) is 12.6. The van der Waals surface area contributed by atoms with E-state index in [-0.39, 0.29) is 9.75 Å². The van der Waals surface area contributed by atoms with Gasteiger partial charge >= 0.3 is 0 Å². The average molecular weight is 558 g/mol. The smallest absolute Gasteiger partial charge is 0.0419 e. The third-order valence-corrected chi connectivity index (χ3v) is 13.3. The lowest BCUT2D eigenvalue weighted by atomic mass is 9.56. The Hall–Kier alpha value is 0.580. The van der Waals surface area contributed by atoms with Crippen molar-refractivity contribution in [3.63, 3.8) is 0 Å². The maximum Gasteiger partial charge on any atom is 0.0419 e. The lowest BCUT2D eigenvalue weighted by molar-refractivity contribution is 0.0137. The molecule has 2 rings (SSSR count). The van der Waals surface area contributed by atoms with Crippen LogP contribution in [0.4, 0.5) is 0 Å². The summed E-state index contributed by atoms with van der Waals surface area (Å²) >= 11 is 14.6. The van der Waals surface area contributed by atoms with Crippen molar-refractivity contribution in [1.29, 1.82) is 0 Å². The second-order valence-corrected chi connectivity index (χ2v) is 17.9. The van der Waals surface area contributed by atoms with Crippen LogP contribution in [0.15, 0.2) is 0 Å². The molecule has 0 aliphatic heterocycles. The van der Waals surface area contributed by atoms with Crippen LogP contribution < -0.4 is 0 Å². The fourth-order valence-electron chi connectivity index (χ4n) is 7.53. The standard InChI is InChI=1S/C35H66Cl2/c1-10-30(4)17-13-11-15-19-32(6,23-27-34(8,36)25-21-30)33(7)20-16-12-14-18-31(5,29(2)3)22-26-35(9,37)28-24-33/h29H,10-28H2,1-9H3. The minimum Gasteiger partial charge on any atom is -0.120 e. The van der Waals surface area contributed by atoms with E-state index in [1.807, 2.05) is 0 Å². The monoisotopic (exact) mass is 556 g/mol. The van der Waals surface area contributed by atoms with Crippen LogP contribution in [-0.4, -0.2) is 9.75 Å². The Kier molecular flexibility index (Phi) is 12.3. The molecule has 6 atom stereocenters. The van der Waals surface area contributed by atoms with E-state index < -0.39 is 0 Å². The van der Waals surface area contributed by atoms with Crippen molar-refractivity contribution in [2.45, 2.75) is 194 Å². The molecule has 37 heavy (non-hydrogen) atoms. The summed E-state index contributed by atoms with van der Waals surface area (Å²) in [6.45, 7) is 22.2. The van der Waals surface area contributed by atoms with E-state index in [2.05, 4.69) is 62.3 Å². The van der Waals surface area contributed by atoms with Gasteiger partial charge in [0.15, 0.2) is 0 Å². The summed E-state index contributed by atoms with van der Waals surface area (Å²) in [5.41, 5.74) is 1.56. The minimum atomic E-state index is -0.0933. The number of halogens is 2. The molecule has 6 unspecified atom stereocenters. The number of alkyl halides is 2. The summed E-state index contributed by atoms with van der Waals surface area (Å²) in [7, 11) is 0. The molecule has 0 saturated heterocycles. The molecule has 0 aromatic rings. The van der Waals surface area contributed by atoms with Gasteiger partial charge in [0.1, 0.15) is 0 Å². The second-order valence-electron chi connectivity index (χ2n) is 16.0. The number of hydrogen-bond acceptors (Lipinski definition) is 0. The molecule has 2 heteroatoms. The van der Waals surface area contributed by atoms with Crippen LogP contribution in [0, 0.1) is 27.6 Å². The maximum atomic E-state index is 7.32. The van der Waals surface area contributed by atoms with E-state index in [0.29, 0.717) is 21.7 Å². The molecular formula is C35H66Cl2. The van der Waals surface area contributed by atoms with Crippen molar-refractivity contribution in [3.8, 4) is 0 Å². The van der Waals surface area contributed by atoms with Gasteiger partial charge in [-0.25, -0.2) is 0 Å². The molecule has 0 radical (unpaired) electrons. The Labute approximate surface area is 244 Å². The highest BCUT2D eigenvalue weighted by atomic mass is 35.5. The van der Waals surface area contributed by atoms with E-state index in [9.17, 15) is 0 Å². The highest BCUT2D eigenvalue weighted by Gasteiger charge is 2.45. The van der Waals surface area contributed by atoms with E-state index in [1.165, 1.54) is 96.3 Å². The SMILES string of the molecule is CCC1(C)CCCCCC(C)(C2(C)CCCCCC(C)(C(C)C)CCC(C)(Cl)CC2)CCC(C)(Cl)CC1. The van der Waals surface area contributed by atoms with Crippen LogP contribution >= 0.6 is 23.2 Å². The van der Waals surface area contributed by atoms with E-state index in [4.69, 9.17) is 23.2 Å². The first-order valence-electron chi connectivity index (χ1n) is 16.4.